The number of nitrogens with one attached hydrogen (secondary N) is 7. The van der Waals surface area contributed by atoms with E-state index >= 15 is 0 Å². The van der Waals surface area contributed by atoms with Gasteiger partial charge in [-0.1, -0.05) is 178 Å². The maximum atomic E-state index is 14.7. The molecule has 4 atom stereocenters. The minimum absolute atomic E-state index is 0.00154. The Hall–Kier alpha value is -8.17. The molecule has 7 N–H and O–H groups in total. The van der Waals surface area contributed by atoms with Crippen molar-refractivity contribution in [2.45, 2.75) is 95.9 Å². The fourth-order valence-electron chi connectivity index (χ4n) is 8.03. The minimum atomic E-state index is -1.71. The van der Waals surface area contributed by atoms with Gasteiger partial charge >= 0.3 is 18.1 Å². The van der Waals surface area contributed by atoms with E-state index in [0.717, 1.165) is 18.4 Å². The lowest BCUT2D eigenvalue weighted by atomic mass is 9.77. The Morgan fingerprint density at radius 2 is 1.01 bits per heavy atom. The zero-order chi connectivity index (χ0) is 57.2. The standard InChI is InChI=1S/C60H75N7O13/c1-4-6-34-76-42-51(57(72)79-40-45-23-13-8-14-24-45)63-58(73)62-50(39-52(68)65-60(47-27-17-10-18-28-47,48-29-19-11-20-30-48)49-31-21-12-22-32-49)55(70)66-67-56(71)54(44(3)78-35-7-5-2)64-53(69)43-77-38-37-75-36-33-61-59(74)80-41-46-25-15-9-16-26-46/h8-32,44,50-51,54H,4-7,33-43H2,1-3H3,(H,61,74)(H,64,69)(H,65,68)(H,66,70)(H,67,71)(H2,62,63,73)/t44?,50-,51-,54-/m1/s1. The number of ether oxygens (including phenoxy) is 6. The van der Waals surface area contributed by atoms with E-state index in [2.05, 4.69) is 37.4 Å². The third-order valence-electron chi connectivity index (χ3n) is 12.3. The molecule has 5 aromatic carbocycles. The molecule has 7 amide bonds. The van der Waals surface area contributed by atoms with Crippen LogP contribution in [0.25, 0.3) is 0 Å². The molecule has 0 saturated carbocycles. The van der Waals surface area contributed by atoms with Crippen LogP contribution in [-0.4, -0.2) is 119 Å². The third-order valence-corrected chi connectivity index (χ3v) is 12.3. The van der Waals surface area contributed by atoms with Gasteiger partial charge in [0.25, 0.3) is 11.8 Å². The molecule has 0 fully saturated rings. The van der Waals surface area contributed by atoms with Gasteiger partial charge in [0.05, 0.1) is 39.0 Å². The lowest BCUT2D eigenvalue weighted by Crippen LogP contribution is -2.61. The third kappa shape index (κ3) is 21.6. The van der Waals surface area contributed by atoms with E-state index in [1.807, 2.05) is 141 Å². The van der Waals surface area contributed by atoms with E-state index < -0.39 is 84.5 Å². The first-order valence-corrected chi connectivity index (χ1v) is 26.9. The summed E-state index contributed by atoms with van der Waals surface area (Å²) in [6.07, 6.45) is 0.750. The van der Waals surface area contributed by atoms with Crippen molar-refractivity contribution >= 4 is 41.7 Å². The van der Waals surface area contributed by atoms with E-state index in [-0.39, 0.29) is 52.8 Å². The van der Waals surface area contributed by atoms with Crippen molar-refractivity contribution in [2.24, 2.45) is 0 Å². The predicted octanol–water partition coefficient (Wildman–Crippen LogP) is 5.88. The number of carbonyl (C=O) groups is 7. The molecule has 0 aromatic heterocycles. The highest BCUT2D eigenvalue weighted by molar-refractivity contribution is 5.95. The molecule has 1 unspecified atom stereocenters. The fraction of sp³-hybridized carbons (Fsp3) is 0.383. The molecular formula is C60H75N7O13. The lowest BCUT2D eigenvalue weighted by Gasteiger charge is -2.37. The number of carbonyl (C=O) groups excluding carboxylic acids is 7. The largest absolute Gasteiger partial charge is 0.459 e. The maximum Gasteiger partial charge on any atom is 0.407 e. The SMILES string of the molecule is CCCCOC[C@@H](NC(=O)N[C@H](CC(=O)NC(c1ccccc1)(c1ccccc1)c1ccccc1)C(=O)NNC(=O)[C@H](NC(=O)COCCOCCNC(=O)OCc1ccccc1)C(C)OCCCC)C(=O)OCc1ccccc1. The first-order chi connectivity index (χ1) is 38.9. The van der Waals surface area contributed by atoms with Crippen LogP contribution in [0.2, 0.25) is 0 Å². The van der Waals surface area contributed by atoms with E-state index in [9.17, 15) is 33.6 Å². The minimum Gasteiger partial charge on any atom is -0.459 e. The van der Waals surface area contributed by atoms with Crippen LogP contribution in [0, 0.1) is 0 Å². The average Bonchev–Trinajstić information content (AvgIpc) is 3.49. The van der Waals surface area contributed by atoms with Crippen LogP contribution in [0.1, 0.15) is 80.7 Å². The van der Waals surface area contributed by atoms with Gasteiger partial charge in [-0.25, -0.2) is 14.4 Å². The van der Waals surface area contributed by atoms with Crippen molar-refractivity contribution in [3.63, 3.8) is 0 Å². The van der Waals surface area contributed by atoms with Gasteiger partial charge in [0, 0.05) is 19.8 Å². The average molecular weight is 1100 g/mol. The quantitative estimate of drug-likeness (QED) is 0.0110. The van der Waals surface area contributed by atoms with Crippen LogP contribution >= 0.6 is 0 Å². The summed E-state index contributed by atoms with van der Waals surface area (Å²) in [5.41, 5.74) is 6.97. The zero-order valence-electron chi connectivity index (χ0n) is 45.7. The Kier molecular flexibility index (Phi) is 27.7. The van der Waals surface area contributed by atoms with E-state index in [1.54, 1.807) is 31.2 Å². The zero-order valence-corrected chi connectivity index (χ0v) is 45.7. The van der Waals surface area contributed by atoms with Gasteiger partial charge in [-0.3, -0.25) is 30.0 Å². The summed E-state index contributed by atoms with van der Waals surface area (Å²) in [5.74, 6) is -4.13. The number of hydrogen-bond acceptors (Lipinski definition) is 13. The number of rotatable bonds is 34. The summed E-state index contributed by atoms with van der Waals surface area (Å²) in [7, 11) is 0. The highest BCUT2D eigenvalue weighted by Crippen LogP contribution is 2.37. The Morgan fingerprint density at radius 3 is 1.57 bits per heavy atom. The normalized spacial score (nSPS) is 12.5. The molecule has 0 aliphatic rings. The Bertz CT molecular complexity index is 2540. The van der Waals surface area contributed by atoms with E-state index in [4.69, 9.17) is 28.4 Å². The van der Waals surface area contributed by atoms with Gasteiger partial charge < -0.3 is 55.0 Å². The maximum absolute atomic E-state index is 14.7. The molecule has 20 nitrogen and oxygen atoms in total. The smallest absolute Gasteiger partial charge is 0.407 e. The van der Waals surface area contributed by atoms with Crippen LogP contribution in [-0.2, 0) is 71.1 Å². The summed E-state index contributed by atoms with van der Waals surface area (Å²) in [4.78, 5) is 95.9. The first-order valence-electron chi connectivity index (χ1n) is 26.9. The second-order valence-electron chi connectivity index (χ2n) is 18.5. The molecular weight excluding hydrogens is 1030 g/mol. The predicted molar refractivity (Wildman–Crippen MR) is 298 cm³/mol. The first kappa shape index (κ1) is 62.7. The number of alkyl carbamates (subject to hydrolysis) is 1. The number of amides is 7. The number of urea groups is 1. The van der Waals surface area contributed by atoms with Crippen molar-refractivity contribution in [1.29, 1.82) is 0 Å². The summed E-state index contributed by atoms with van der Waals surface area (Å²) >= 11 is 0. The molecule has 0 radical (unpaired) electrons. The second kappa shape index (κ2) is 35.4. The number of benzene rings is 5. The Labute approximate surface area is 467 Å². The molecule has 0 aliphatic carbocycles. The summed E-state index contributed by atoms with van der Waals surface area (Å²) in [5, 5.41) is 13.5. The summed E-state index contributed by atoms with van der Waals surface area (Å²) in [6.45, 7) is 5.77. The van der Waals surface area contributed by atoms with Gasteiger partial charge in [0.2, 0.25) is 11.8 Å². The van der Waals surface area contributed by atoms with Crippen LogP contribution in [0.5, 0.6) is 0 Å². The molecule has 428 valence electrons. The molecule has 5 aromatic rings. The highest BCUT2D eigenvalue weighted by atomic mass is 16.6. The molecule has 0 bridgehead atoms. The number of hydrogen-bond donors (Lipinski definition) is 7. The summed E-state index contributed by atoms with van der Waals surface area (Å²) in [6, 6.07) is 40.5. The van der Waals surface area contributed by atoms with E-state index in [0.29, 0.717) is 41.7 Å². The highest BCUT2D eigenvalue weighted by Gasteiger charge is 2.39. The van der Waals surface area contributed by atoms with Crippen molar-refractivity contribution in [3.8, 4) is 0 Å². The molecule has 5 rings (SSSR count). The Balaban J connectivity index is 1.29. The van der Waals surface area contributed by atoms with Gasteiger partial charge in [-0.05, 0) is 47.6 Å². The monoisotopic (exact) mass is 1100 g/mol. The van der Waals surface area contributed by atoms with E-state index in [1.165, 1.54) is 0 Å². The van der Waals surface area contributed by atoms with Gasteiger partial charge in [-0.15, -0.1) is 0 Å². The topological polar surface area (TPSA) is 259 Å². The number of hydrazine groups is 1. The van der Waals surface area contributed by atoms with Crippen molar-refractivity contribution in [3.05, 3.63) is 179 Å². The molecule has 80 heavy (non-hydrogen) atoms. The lowest BCUT2D eigenvalue weighted by molar-refractivity contribution is -0.149. The van der Waals surface area contributed by atoms with Crippen molar-refractivity contribution in [2.75, 3.05) is 52.8 Å². The van der Waals surface area contributed by atoms with Crippen LogP contribution in [0.4, 0.5) is 9.59 Å². The molecule has 20 heteroatoms. The molecule has 0 saturated heterocycles. The van der Waals surface area contributed by atoms with Gasteiger partial charge in [0.15, 0.2) is 6.04 Å². The Morgan fingerprint density at radius 1 is 0.512 bits per heavy atom. The fourth-order valence-corrected chi connectivity index (χ4v) is 8.03. The molecule has 0 aliphatic heterocycles. The molecule has 0 heterocycles. The number of unbranched alkanes of at least 4 members (excludes halogenated alkanes) is 2. The van der Waals surface area contributed by atoms with Gasteiger partial charge in [-0.2, -0.15) is 0 Å². The van der Waals surface area contributed by atoms with Crippen LogP contribution in [0.3, 0.4) is 0 Å². The number of esters is 1. The van der Waals surface area contributed by atoms with Crippen LogP contribution < -0.4 is 37.4 Å². The molecule has 0 spiro atoms. The second-order valence-corrected chi connectivity index (χ2v) is 18.5. The van der Waals surface area contributed by atoms with Crippen molar-refractivity contribution in [1.82, 2.24) is 37.4 Å². The summed E-state index contributed by atoms with van der Waals surface area (Å²) < 4.78 is 33.4. The van der Waals surface area contributed by atoms with Crippen molar-refractivity contribution < 1.29 is 62.0 Å². The van der Waals surface area contributed by atoms with Crippen LogP contribution in [0.15, 0.2) is 152 Å². The van der Waals surface area contributed by atoms with Gasteiger partial charge in [0.1, 0.15) is 37.4 Å².